The molecule has 1 aromatic rings. The number of phenolic OH excluding ortho intramolecular Hbond substituents is 2. The average molecular weight is 211 g/mol. The van der Waals surface area contributed by atoms with Crippen molar-refractivity contribution in [2.24, 2.45) is 0 Å². The molecular formula is C6H8ClO4P. The van der Waals surface area contributed by atoms with E-state index in [4.69, 9.17) is 20.0 Å². The van der Waals surface area contributed by atoms with Gasteiger partial charge >= 0.3 is 0 Å². The minimum absolute atomic E-state index is 0.0764. The zero-order chi connectivity index (χ0) is 9.56. The van der Waals surface area contributed by atoms with E-state index in [1.165, 1.54) is 12.1 Å². The molecule has 0 aromatic heterocycles. The van der Waals surface area contributed by atoms with E-state index >= 15 is 0 Å². The first-order valence-corrected chi connectivity index (χ1v) is 5.00. The van der Waals surface area contributed by atoms with Crippen LogP contribution in [0.25, 0.3) is 0 Å². The van der Waals surface area contributed by atoms with Crippen LogP contribution in [0.15, 0.2) is 24.3 Å². The lowest BCUT2D eigenvalue weighted by Crippen LogP contribution is -1.63. The second-order valence-corrected chi connectivity index (χ2v) is 3.12. The van der Waals surface area contributed by atoms with E-state index in [9.17, 15) is 0 Å². The second kappa shape index (κ2) is 6.03. The minimum Gasteiger partial charge on any atom is -0.504 e. The van der Waals surface area contributed by atoms with Gasteiger partial charge in [0, 0.05) is 0 Å². The third-order valence-corrected chi connectivity index (χ3v) is 0.882. The molecule has 0 saturated carbocycles. The Morgan fingerprint density at radius 2 is 1.25 bits per heavy atom. The summed E-state index contributed by atoms with van der Waals surface area (Å²) in [5, 5.41) is 17.3. The quantitative estimate of drug-likeness (QED) is 0.387. The summed E-state index contributed by atoms with van der Waals surface area (Å²) in [6.07, 6.45) is 0. The lowest BCUT2D eigenvalue weighted by molar-refractivity contribution is 0.404. The van der Waals surface area contributed by atoms with Gasteiger partial charge in [-0.25, -0.2) is 0 Å². The SMILES string of the molecule is OP(O)Cl.Oc1ccccc1O. The van der Waals surface area contributed by atoms with Gasteiger partial charge in [0.2, 0.25) is 0 Å². The Morgan fingerprint density at radius 3 is 1.42 bits per heavy atom. The molecule has 0 aliphatic heterocycles. The number of aromatic hydroxyl groups is 2. The zero-order valence-corrected chi connectivity index (χ0v) is 7.57. The van der Waals surface area contributed by atoms with Crippen LogP contribution in [-0.4, -0.2) is 20.0 Å². The summed E-state index contributed by atoms with van der Waals surface area (Å²) in [7, 11) is -2.15. The van der Waals surface area contributed by atoms with Gasteiger partial charge in [0.1, 0.15) is 0 Å². The van der Waals surface area contributed by atoms with Gasteiger partial charge in [0.25, 0.3) is 7.73 Å². The van der Waals surface area contributed by atoms with Gasteiger partial charge in [0.15, 0.2) is 11.5 Å². The Balaban J connectivity index is 0.000000261. The fourth-order valence-electron chi connectivity index (χ4n) is 0.464. The molecule has 6 heteroatoms. The standard InChI is InChI=1S/C6H6O2.ClH2O2P/c7-5-3-1-2-4-6(5)8;1-4(2)3/h1-4,7-8H;2-3H. The molecular weight excluding hydrogens is 202 g/mol. The molecule has 4 nitrogen and oxygen atoms in total. The largest absolute Gasteiger partial charge is 0.504 e. The van der Waals surface area contributed by atoms with E-state index in [1.54, 1.807) is 12.1 Å². The fraction of sp³-hybridized carbons (Fsp3) is 0. The van der Waals surface area contributed by atoms with E-state index in [-0.39, 0.29) is 11.5 Å². The van der Waals surface area contributed by atoms with E-state index in [1.807, 2.05) is 0 Å². The van der Waals surface area contributed by atoms with E-state index in [0.29, 0.717) is 0 Å². The van der Waals surface area contributed by atoms with Gasteiger partial charge in [-0.3, -0.25) is 0 Å². The highest BCUT2D eigenvalue weighted by molar-refractivity contribution is 7.74. The molecule has 0 atom stereocenters. The predicted octanol–water partition coefficient (Wildman–Crippen LogP) is 1.53. The molecule has 0 spiro atoms. The van der Waals surface area contributed by atoms with Gasteiger partial charge in [0.05, 0.1) is 0 Å². The van der Waals surface area contributed by atoms with E-state index in [2.05, 4.69) is 11.2 Å². The molecule has 68 valence electrons. The molecule has 0 unspecified atom stereocenters. The van der Waals surface area contributed by atoms with Crippen LogP contribution in [0.1, 0.15) is 0 Å². The molecule has 0 aliphatic carbocycles. The summed E-state index contributed by atoms with van der Waals surface area (Å²) in [5.74, 6) is -0.153. The number of hydrogen-bond donors (Lipinski definition) is 4. The minimum atomic E-state index is -2.15. The lowest BCUT2D eigenvalue weighted by Gasteiger charge is -1.91. The van der Waals surface area contributed by atoms with Crippen molar-refractivity contribution in [2.45, 2.75) is 0 Å². The van der Waals surface area contributed by atoms with Crippen LogP contribution >= 0.6 is 19.0 Å². The summed E-state index contributed by atoms with van der Waals surface area (Å²) >= 11 is 4.45. The Kier molecular flexibility index (Phi) is 5.76. The number of para-hydroxylation sites is 2. The smallest absolute Gasteiger partial charge is 0.271 e. The molecule has 0 aliphatic rings. The van der Waals surface area contributed by atoms with Gasteiger partial charge in [-0.1, -0.05) is 12.1 Å². The summed E-state index contributed by atoms with van der Waals surface area (Å²) < 4.78 is 0. The number of benzene rings is 1. The summed E-state index contributed by atoms with van der Waals surface area (Å²) in [4.78, 5) is 14.9. The highest BCUT2D eigenvalue weighted by atomic mass is 35.7. The first kappa shape index (κ1) is 11.5. The fourth-order valence-corrected chi connectivity index (χ4v) is 0.464. The highest BCUT2D eigenvalue weighted by Gasteiger charge is 1.90. The van der Waals surface area contributed by atoms with Crippen LogP contribution in [-0.2, 0) is 0 Å². The van der Waals surface area contributed by atoms with Crippen molar-refractivity contribution < 1.29 is 20.0 Å². The molecule has 0 amide bonds. The maximum Gasteiger partial charge on any atom is 0.271 e. The van der Waals surface area contributed by atoms with Gasteiger partial charge < -0.3 is 20.0 Å². The van der Waals surface area contributed by atoms with Crippen LogP contribution in [0, 0.1) is 0 Å². The Bertz CT molecular complexity index is 207. The summed E-state index contributed by atoms with van der Waals surface area (Å²) in [6.45, 7) is 0. The normalized spacial score (nSPS) is 9.00. The van der Waals surface area contributed by atoms with Gasteiger partial charge in [-0.2, -0.15) is 0 Å². The molecule has 0 fully saturated rings. The van der Waals surface area contributed by atoms with Crippen LogP contribution in [0.2, 0.25) is 0 Å². The molecule has 0 bridgehead atoms. The maximum absolute atomic E-state index is 8.67. The van der Waals surface area contributed by atoms with Crippen molar-refractivity contribution in [3.8, 4) is 11.5 Å². The van der Waals surface area contributed by atoms with Crippen molar-refractivity contribution in [1.82, 2.24) is 0 Å². The van der Waals surface area contributed by atoms with Gasteiger partial charge in [-0.15, -0.1) is 0 Å². The molecule has 4 N–H and O–H groups in total. The Morgan fingerprint density at radius 1 is 1.00 bits per heavy atom. The number of halogens is 1. The maximum atomic E-state index is 8.67. The van der Waals surface area contributed by atoms with Crippen molar-refractivity contribution in [1.29, 1.82) is 0 Å². The van der Waals surface area contributed by atoms with Gasteiger partial charge in [-0.05, 0) is 23.4 Å². The third kappa shape index (κ3) is 6.19. The zero-order valence-electron chi connectivity index (χ0n) is 5.92. The number of rotatable bonds is 0. The monoisotopic (exact) mass is 210 g/mol. The second-order valence-electron chi connectivity index (χ2n) is 1.73. The van der Waals surface area contributed by atoms with Crippen LogP contribution < -0.4 is 0 Å². The Labute approximate surface area is 75.4 Å². The molecule has 1 rings (SSSR count). The molecule has 1 aromatic carbocycles. The first-order valence-electron chi connectivity index (χ1n) is 2.84. The van der Waals surface area contributed by atoms with E-state index in [0.717, 1.165) is 0 Å². The molecule has 0 saturated heterocycles. The van der Waals surface area contributed by atoms with Crippen molar-refractivity contribution in [2.75, 3.05) is 0 Å². The topological polar surface area (TPSA) is 80.9 Å². The molecule has 0 radical (unpaired) electrons. The Hall–Kier alpha value is -0.540. The summed E-state index contributed by atoms with van der Waals surface area (Å²) in [5.41, 5.74) is 0. The average Bonchev–Trinajstić information content (AvgIpc) is 1.94. The number of hydrogen-bond acceptors (Lipinski definition) is 4. The molecule has 12 heavy (non-hydrogen) atoms. The van der Waals surface area contributed by atoms with Crippen LogP contribution in [0.4, 0.5) is 0 Å². The van der Waals surface area contributed by atoms with Crippen LogP contribution in [0.5, 0.6) is 11.5 Å². The molecule has 0 heterocycles. The van der Waals surface area contributed by atoms with Crippen molar-refractivity contribution in [3.63, 3.8) is 0 Å². The number of phenols is 2. The van der Waals surface area contributed by atoms with Crippen molar-refractivity contribution in [3.05, 3.63) is 24.3 Å². The lowest BCUT2D eigenvalue weighted by atomic mass is 10.3. The highest BCUT2D eigenvalue weighted by Crippen LogP contribution is 2.27. The van der Waals surface area contributed by atoms with Crippen molar-refractivity contribution >= 4 is 19.0 Å². The first-order chi connectivity index (χ1) is 5.54. The van der Waals surface area contributed by atoms with Crippen LogP contribution in [0.3, 0.4) is 0 Å². The predicted molar refractivity (Wildman–Crippen MR) is 47.0 cm³/mol. The van der Waals surface area contributed by atoms with E-state index < -0.39 is 7.73 Å². The third-order valence-electron chi connectivity index (χ3n) is 0.882. The summed E-state index contributed by atoms with van der Waals surface area (Å²) in [6, 6.07) is 6.15.